The maximum absolute atomic E-state index is 3.77. The summed E-state index contributed by atoms with van der Waals surface area (Å²) in [6.45, 7) is 9.36. The highest BCUT2D eigenvalue weighted by molar-refractivity contribution is 4.75. The Morgan fingerprint density at radius 3 is 2.33 bits per heavy atom. The highest BCUT2D eigenvalue weighted by Gasteiger charge is 2.11. The molecular formula is C13H28N2. The first-order valence-electron chi connectivity index (χ1n) is 6.16. The van der Waals surface area contributed by atoms with Gasteiger partial charge >= 0.3 is 0 Å². The van der Waals surface area contributed by atoms with Gasteiger partial charge in [0, 0.05) is 18.6 Å². The van der Waals surface area contributed by atoms with Gasteiger partial charge in [-0.1, -0.05) is 19.9 Å². The maximum Gasteiger partial charge on any atom is 0.0212 e. The smallest absolute Gasteiger partial charge is 0.0212 e. The largest absolute Gasteiger partial charge is 0.312 e. The van der Waals surface area contributed by atoms with E-state index in [0.29, 0.717) is 12.1 Å². The summed E-state index contributed by atoms with van der Waals surface area (Å²) in [5.74, 6) is 0. The molecule has 90 valence electrons. The van der Waals surface area contributed by atoms with E-state index in [0.717, 1.165) is 13.0 Å². The van der Waals surface area contributed by atoms with Crippen LogP contribution in [0.15, 0.2) is 12.7 Å². The van der Waals surface area contributed by atoms with E-state index in [4.69, 9.17) is 0 Å². The first-order valence-corrected chi connectivity index (χ1v) is 6.16. The number of likely N-dealkylation sites (N-methyl/N-ethyl adjacent to an activating group) is 1. The second kappa shape index (κ2) is 8.93. The van der Waals surface area contributed by atoms with Gasteiger partial charge in [0.2, 0.25) is 0 Å². The molecule has 0 aliphatic rings. The molecular weight excluding hydrogens is 184 g/mol. The summed E-state index contributed by atoms with van der Waals surface area (Å²) < 4.78 is 0. The van der Waals surface area contributed by atoms with Gasteiger partial charge < -0.3 is 10.2 Å². The van der Waals surface area contributed by atoms with E-state index >= 15 is 0 Å². The fraction of sp³-hybridized carbons (Fsp3) is 0.846. The van der Waals surface area contributed by atoms with Crippen molar-refractivity contribution >= 4 is 0 Å². The lowest BCUT2D eigenvalue weighted by Crippen LogP contribution is -2.41. The number of nitrogens with one attached hydrogen (secondary N) is 1. The van der Waals surface area contributed by atoms with Gasteiger partial charge in [0.15, 0.2) is 0 Å². The maximum atomic E-state index is 3.77. The van der Waals surface area contributed by atoms with Crippen LogP contribution in [0.4, 0.5) is 0 Å². The molecule has 2 atom stereocenters. The zero-order valence-corrected chi connectivity index (χ0v) is 10.9. The minimum Gasteiger partial charge on any atom is -0.312 e. The summed E-state index contributed by atoms with van der Waals surface area (Å²) >= 11 is 0. The number of nitrogens with zero attached hydrogens (tertiary/aromatic N) is 1. The van der Waals surface area contributed by atoms with Crippen molar-refractivity contribution in [2.45, 2.75) is 51.6 Å². The molecule has 0 aromatic carbocycles. The van der Waals surface area contributed by atoms with Crippen molar-refractivity contribution < 1.29 is 0 Å². The van der Waals surface area contributed by atoms with E-state index in [-0.39, 0.29) is 0 Å². The molecule has 0 aromatic rings. The monoisotopic (exact) mass is 212 g/mol. The molecule has 0 heterocycles. The molecule has 2 unspecified atom stereocenters. The van der Waals surface area contributed by atoms with Crippen LogP contribution >= 0.6 is 0 Å². The van der Waals surface area contributed by atoms with Crippen molar-refractivity contribution in [3.8, 4) is 0 Å². The summed E-state index contributed by atoms with van der Waals surface area (Å²) in [6, 6.07) is 1.31. The number of hydrogen-bond acceptors (Lipinski definition) is 2. The van der Waals surface area contributed by atoms with Gasteiger partial charge in [0.1, 0.15) is 0 Å². The van der Waals surface area contributed by atoms with Gasteiger partial charge in [-0.05, 0) is 39.8 Å². The van der Waals surface area contributed by atoms with Gasteiger partial charge in [-0.15, -0.1) is 6.58 Å². The highest BCUT2D eigenvalue weighted by atomic mass is 15.1. The average Bonchev–Trinajstić information content (AvgIpc) is 2.23. The van der Waals surface area contributed by atoms with Crippen molar-refractivity contribution in [1.29, 1.82) is 0 Å². The van der Waals surface area contributed by atoms with Crippen LogP contribution in [0.1, 0.15) is 39.5 Å². The van der Waals surface area contributed by atoms with Crippen LogP contribution in [0, 0.1) is 0 Å². The second-order valence-corrected chi connectivity index (χ2v) is 4.41. The van der Waals surface area contributed by atoms with Crippen LogP contribution in [0.3, 0.4) is 0 Å². The third-order valence-corrected chi connectivity index (χ3v) is 3.06. The summed E-state index contributed by atoms with van der Waals surface area (Å²) in [7, 11) is 4.31. The van der Waals surface area contributed by atoms with Gasteiger partial charge in [-0.25, -0.2) is 0 Å². The Kier molecular flexibility index (Phi) is 8.73. The number of rotatable bonds is 9. The van der Waals surface area contributed by atoms with Crippen molar-refractivity contribution in [2.24, 2.45) is 0 Å². The SMILES string of the molecule is C=CCCC(CC)NCC(CC)N(C)C. The number of hydrogen-bond donors (Lipinski definition) is 1. The Balaban J connectivity index is 3.81. The molecule has 0 saturated heterocycles. The van der Waals surface area contributed by atoms with E-state index in [1.807, 2.05) is 6.08 Å². The first kappa shape index (κ1) is 14.7. The topological polar surface area (TPSA) is 15.3 Å². The lowest BCUT2D eigenvalue weighted by molar-refractivity contribution is 0.264. The molecule has 0 rings (SSSR count). The van der Waals surface area contributed by atoms with Crippen molar-refractivity contribution in [3.05, 3.63) is 12.7 Å². The molecule has 0 radical (unpaired) electrons. The first-order chi connectivity index (χ1) is 7.15. The second-order valence-electron chi connectivity index (χ2n) is 4.41. The van der Waals surface area contributed by atoms with E-state index in [1.54, 1.807) is 0 Å². The molecule has 2 heteroatoms. The molecule has 0 aliphatic carbocycles. The standard InChI is InChI=1S/C13H28N2/c1-6-9-10-12(7-2)14-11-13(8-3)15(4)5/h6,12-14H,1,7-11H2,2-5H3. The minimum atomic E-state index is 0.650. The third-order valence-electron chi connectivity index (χ3n) is 3.06. The van der Waals surface area contributed by atoms with Gasteiger partial charge in [-0.2, -0.15) is 0 Å². The zero-order valence-electron chi connectivity index (χ0n) is 10.9. The molecule has 15 heavy (non-hydrogen) atoms. The predicted octanol–water partition coefficient (Wildman–Crippen LogP) is 2.66. The molecule has 0 spiro atoms. The molecule has 2 nitrogen and oxygen atoms in total. The van der Waals surface area contributed by atoms with Crippen LogP contribution in [0.5, 0.6) is 0 Å². The van der Waals surface area contributed by atoms with E-state index in [1.165, 1.54) is 19.3 Å². The Labute approximate surface area is 95.7 Å². The summed E-state index contributed by atoms with van der Waals surface area (Å²) in [5.41, 5.74) is 0. The third kappa shape index (κ3) is 6.69. The molecule has 0 aromatic heterocycles. The molecule has 0 bridgehead atoms. The van der Waals surface area contributed by atoms with Crippen LogP contribution in [-0.2, 0) is 0 Å². The fourth-order valence-electron chi connectivity index (χ4n) is 1.76. The quantitative estimate of drug-likeness (QED) is 0.591. The van der Waals surface area contributed by atoms with E-state index in [9.17, 15) is 0 Å². The van der Waals surface area contributed by atoms with Gasteiger partial charge in [0.05, 0.1) is 0 Å². The highest BCUT2D eigenvalue weighted by Crippen LogP contribution is 2.04. The van der Waals surface area contributed by atoms with Crippen molar-refractivity contribution in [1.82, 2.24) is 10.2 Å². The summed E-state index contributed by atoms with van der Waals surface area (Å²) in [6.07, 6.45) is 6.75. The molecule has 1 N–H and O–H groups in total. The molecule has 0 saturated carbocycles. The molecule has 0 aliphatic heterocycles. The molecule has 0 fully saturated rings. The van der Waals surface area contributed by atoms with Crippen LogP contribution in [0.25, 0.3) is 0 Å². The van der Waals surface area contributed by atoms with Gasteiger partial charge in [0.25, 0.3) is 0 Å². The Morgan fingerprint density at radius 2 is 1.93 bits per heavy atom. The lowest BCUT2D eigenvalue weighted by atomic mass is 10.1. The predicted molar refractivity (Wildman–Crippen MR) is 69.3 cm³/mol. The van der Waals surface area contributed by atoms with Crippen molar-refractivity contribution in [2.75, 3.05) is 20.6 Å². The summed E-state index contributed by atoms with van der Waals surface area (Å²) in [4.78, 5) is 2.30. The Morgan fingerprint density at radius 1 is 1.27 bits per heavy atom. The van der Waals surface area contributed by atoms with Crippen LogP contribution < -0.4 is 5.32 Å². The van der Waals surface area contributed by atoms with Crippen molar-refractivity contribution in [3.63, 3.8) is 0 Å². The lowest BCUT2D eigenvalue weighted by Gasteiger charge is -2.26. The Bertz CT molecular complexity index is 155. The van der Waals surface area contributed by atoms with Crippen LogP contribution in [0.2, 0.25) is 0 Å². The van der Waals surface area contributed by atoms with Gasteiger partial charge in [-0.3, -0.25) is 0 Å². The number of allylic oxidation sites excluding steroid dienone is 1. The van der Waals surface area contributed by atoms with Crippen LogP contribution in [-0.4, -0.2) is 37.6 Å². The normalized spacial score (nSPS) is 15.3. The Hall–Kier alpha value is -0.340. The fourth-order valence-corrected chi connectivity index (χ4v) is 1.76. The molecule has 0 amide bonds. The van der Waals surface area contributed by atoms with E-state index in [2.05, 4.69) is 44.7 Å². The summed E-state index contributed by atoms with van der Waals surface area (Å²) in [5, 5.41) is 3.65. The van der Waals surface area contributed by atoms with E-state index < -0.39 is 0 Å². The zero-order chi connectivity index (χ0) is 11.7. The minimum absolute atomic E-state index is 0.650. The average molecular weight is 212 g/mol.